The average molecular weight is 283 g/mol. The van der Waals surface area contributed by atoms with E-state index in [0.29, 0.717) is 18.6 Å². The van der Waals surface area contributed by atoms with Crippen molar-refractivity contribution < 1.29 is 24.4 Å². The lowest BCUT2D eigenvalue weighted by atomic mass is 10.0. The number of rotatable bonds is 5. The summed E-state index contributed by atoms with van der Waals surface area (Å²) in [4.78, 5) is 31.5. The van der Waals surface area contributed by atoms with Gasteiger partial charge in [-0.25, -0.2) is 9.79 Å². The Bertz CT molecular complexity index is 483. The van der Waals surface area contributed by atoms with Crippen LogP contribution < -0.4 is 0 Å². The Morgan fingerprint density at radius 1 is 1.32 bits per heavy atom. The maximum atomic E-state index is 11.3. The number of hydrogen-bond donors (Lipinski definition) is 3. The molecular weight excluding hydrogens is 267 g/mol. The molecule has 1 aromatic rings. The van der Waals surface area contributed by atoms with E-state index in [1.165, 1.54) is 0 Å². The largest absolute Gasteiger partial charge is 0.481 e. The van der Waals surface area contributed by atoms with Crippen LogP contribution in [0.1, 0.15) is 17.9 Å². The van der Waals surface area contributed by atoms with E-state index in [2.05, 4.69) is 0 Å². The third-order valence-electron chi connectivity index (χ3n) is 2.98. The van der Waals surface area contributed by atoms with Crippen molar-refractivity contribution in [2.45, 2.75) is 12.3 Å². The van der Waals surface area contributed by atoms with Crippen LogP contribution >= 0.6 is 7.72 Å². The van der Waals surface area contributed by atoms with Crippen molar-refractivity contribution in [2.24, 2.45) is 0 Å². The van der Waals surface area contributed by atoms with Crippen molar-refractivity contribution in [3.63, 3.8) is 0 Å². The van der Waals surface area contributed by atoms with Gasteiger partial charge in [-0.15, -0.1) is 0 Å². The second kappa shape index (κ2) is 5.70. The fourth-order valence-electron chi connectivity index (χ4n) is 2.01. The molecule has 2 rings (SSSR count). The van der Waals surface area contributed by atoms with Crippen LogP contribution in [0.25, 0.3) is 0 Å². The molecule has 1 unspecified atom stereocenters. The molecule has 0 amide bonds. The molecule has 1 aliphatic rings. The highest BCUT2D eigenvalue weighted by Gasteiger charge is 2.47. The summed E-state index contributed by atoms with van der Waals surface area (Å²) in [5, 5.41) is 9.27. The first kappa shape index (κ1) is 14.0. The number of carbonyl (C=O) groups is 1. The highest BCUT2D eigenvalue weighted by Crippen LogP contribution is 2.61. The van der Waals surface area contributed by atoms with Gasteiger partial charge in [-0.05, 0) is 5.56 Å². The summed E-state index contributed by atoms with van der Waals surface area (Å²) in [5.41, 5.74) is 0.704. The SMILES string of the molecule is O=C(O)C(C[P+](O)(O)C1=CCCO1)c1ccccc1. The van der Waals surface area contributed by atoms with Crippen molar-refractivity contribution in [1.82, 2.24) is 0 Å². The summed E-state index contributed by atoms with van der Waals surface area (Å²) >= 11 is 0. The molecule has 1 aromatic carbocycles. The fraction of sp³-hybridized carbons (Fsp3) is 0.308. The summed E-state index contributed by atoms with van der Waals surface area (Å²) in [7, 11) is -3.51. The predicted molar refractivity (Wildman–Crippen MR) is 71.7 cm³/mol. The van der Waals surface area contributed by atoms with Crippen LogP contribution in [0, 0.1) is 0 Å². The van der Waals surface area contributed by atoms with Crippen LogP contribution in [-0.4, -0.2) is 33.6 Å². The molecule has 0 saturated carbocycles. The Morgan fingerprint density at radius 3 is 2.53 bits per heavy atom. The maximum absolute atomic E-state index is 11.3. The van der Waals surface area contributed by atoms with Gasteiger partial charge in [-0.1, -0.05) is 30.3 Å². The summed E-state index contributed by atoms with van der Waals surface area (Å²) in [6.07, 6.45) is 2.01. The monoisotopic (exact) mass is 283 g/mol. The van der Waals surface area contributed by atoms with Gasteiger partial charge in [-0.3, -0.25) is 4.79 Å². The lowest BCUT2D eigenvalue weighted by molar-refractivity contribution is -0.138. The standard InChI is InChI=1S/C13H15O5P/c14-13(15)11(10-5-2-1-3-6-10)9-19(16,17)12-7-4-8-18-12/h1-3,5-7,11,16-17H,4,8-9H2/p+1. The molecule has 3 N–H and O–H groups in total. The van der Waals surface area contributed by atoms with Gasteiger partial charge in [0.1, 0.15) is 12.1 Å². The Kier molecular flexibility index (Phi) is 4.20. The highest BCUT2D eigenvalue weighted by molar-refractivity contribution is 7.68. The minimum absolute atomic E-state index is 0.148. The zero-order valence-electron chi connectivity index (χ0n) is 10.3. The summed E-state index contributed by atoms with van der Waals surface area (Å²) in [5.74, 6) is -2.02. The van der Waals surface area contributed by atoms with Crippen LogP contribution in [-0.2, 0) is 9.53 Å². The topological polar surface area (TPSA) is 87.0 Å². The van der Waals surface area contributed by atoms with Crippen LogP contribution in [0.4, 0.5) is 0 Å². The van der Waals surface area contributed by atoms with E-state index >= 15 is 0 Å². The van der Waals surface area contributed by atoms with E-state index < -0.39 is 19.6 Å². The Balaban J connectivity index is 2.20. The van der Waals surface area contributed by atoms with Crippen molar-refractivity contribution in [1.29, 1.82) is 0 Å². The molecule has 0 fully saturated rings. The third-order valence-corrected chi connectivity index (χ3v) is 4.87. The lowest BCUT2D eigenvalue weighted by Crippen LogP contribution is -2.18. The number of ether oxygens (including phenoxy) is 1. The van der Waals surface area contributed by atoms with E-state index in [1.807, 2.05) is 0 Å². The van der Waals surface area contributed by atoms with E-state index in [4.69, 9.17) is 4.74 Å². The maximum Gasteiger partial charge on any atom is 0.338 e. The zero-order chi connectivity index (χ0) is 13.9. The van der Waals surface area contributed by atoms with Crippen LogP contribution in [0.2, 0.25) is 0 Å². The molecule has 1 aliphatic heterocycles. The third kappa shape index (κ3) is 3.32. The minimum atomic E-state index is -3.51. The van der Waals surface area contributed by atoms with Crippen LogP contribution in [0.15, 0.2) is 41.9 Å². The molecule has 102 valence electrons. The first-order chi connectivity index (χ1) is 9.00. The molecule has 0 saturated heterocycles. The number of hydrogen-bond acceptors (Lipinski definition) is 4. The predicted octanol–water partition coefficient (Wildman–Crippen LogP) is 1.95. The van der Waals surface area contributed by atoms with Crippen LogP contribution in [0.5, 0.6) is 0 Å². The molecule has 1 heterocycles. The van der Waals surface area contributed by atoms with Gasteiger partial charge in [-0.2, -0.15) is 0 Å². The van der Waals surface area contributed by atoms with Gasteiger partial charge < -0.3 is 9.84 Å². The molecule has 0 aromatic heterocycles. The van der Waals surface area contributed by atoms with Gasteiger partial charge in [0.05, 0.1) is 6.61 Å². The second-order valence-electron chi connectivity index (χ2n) is 4.39. The van der Waals surface area contributed by atoms with Gasteiger partial charge in [0, 0.05) is 12.5 Å². The van der Waals surface area contributed by atoms with E-state index in [1.54, 1.807) is 36.4 Å². The smallest absolute Gasteiger partial charge is 0.338 e. The van der Waals surface area contributed by atoms with Crippen molar-refractivity contribution in [2.75, 3.05) is 12.8 Å². The number of benzene rings is 1. The molecule has 6 heteroatoms. The van der Waals surface area contributed by atoms with E-state index in [-0.39, 0.29) is 11.7 Å². The molecule has 1 atom stereocenters. The Labute approximate surface area is 111 Å². The molecule has 0 radical (unpaired) electrons. The number of carboxylic acid groups (broad SMARTS) is 1. The Morgan fingerprint density at radius 2 is 2.00 bits per heavy atom. The Hall–Kier alpha value is -1.42. The lowest BCUT2D eigenvalue weighted by Gasteiger charge is -2.17. The molecular formula is C13H16O5P+. The first-order valence-electron chi connectivity index (χ1n) is 5.95. The quantitative estimate of drug-likeness (QED) is 0.719. The average Bonchev–Trinajstić information content (AvgIpc) is 2.91. The van der Waals surface area contributed by atoms with Gasteiger partial charge in [0.2, 0.25) is 0 Å². The highest BCUT2D eigenvalue weighted by atomic mass is 31.2. The van der Waals surface area contributed by atoms with E-state index in [9.17, 15) is 19.7 Å². The zero-order valence-corrected chi connectivity index (χ0v) is 11.2. The van der Waals surface area contributed by atoms with Crippen LogP contribution in [0.3, 0.4) is 0 Å². The second-order valence-corrected chi connectivity index (χ2v) is 6.66. The van der Waals surface area contributed by atoms with Gasteiger partial charge in [0.15, 0.2) is 0 Å². The first-order valence-corrected chi connectivity index (χ1v) is 7.83. The molecule has 0 spiro atoms. The minimum Gasteiger partial charge on any atom is -0.481 e. The van der Waals surface area contributed by atoms with Gasteiger partial charge >= 0.3 is 13.7 Å². The number of carboxylic acids is 1. The van der Waals surface area contributed by atoms with Crippen molar-refractivity contribution in [3.8, 4) is 0 Å². The normalized spacial score (nSPS) is 16.6. The fourth-order valence-corrected chi connectivity index (χ4v) is 3.79. The summed E-state index contributed by atoms with van der Waals surface area (Å²) < 4.78 is 5.15. The molecule has 0 bridgehead atoms. The number of aliphatic carboxylic acids is 1. The summed E-state index contributed by atoms with van der Waals surface area (Å²) in [6.45, 7) is 0.418. The summed E-state index contributed by atoms with van der Waals surface area (Å²) in [6, 6.07) is 8.58. The molecule has 19 heavy (non-hydrogen) atoms. The molecule has 5 nitrogen and oxygen atoms in total. The van der Waals surface area contributed by atoms with Crippen molar-refractivity contribution >= 4 is 13.7 Å². The van der Waals surface area contributed by atoms with Gasteiger partial charge in [0.25, 0.3) is 5.50 Å². The van der Waals surface area contributed by atoms with Crippen molar-refractivity contribution in [3.05, 3.63) is 47.5 Å². The molecule has 0 aliphatic carbocycles. The van der Waals surface area contributed by atoms with E-state index in [0.717, 1.165) is 0 Å².